The van der Waals surface area contributed by atoms with E-state index in [9.17, 15) is 4.79 Å². The second-order valence-corrected chi connectivity index (χ2v) is 5.90. The van der Waals surface area contributed by atoms with E-state index in [2.05, 4.69) is 22.4 Å². The van der Waals surface area contributed by atoms with Crippen molar-refractivity contribution in [2.24, 2.45) is 5.73 Å². The van der Waals surface area contributed by atoms with Gasteiger partial charge >= 0.3 is 0 Å². The number of morpholine rings is 1. The van der Waals surface area contributed by atoms with Crippen LogP contribution in [0, 0.1) is 6.92 Å². The van der Waals surface area contributed by atoms with Crippen LogP contribution >= 0.6 is 11.3 Å². The van der Waals surface area contributed by atoms with Crippen molar-refractivity contribution in [2.75, 3.05) is 19.7 Å². The molecule has 2 aromatic rings. The lowest BCUT2D eigenvalue weighted by molar-refractivity contribution is 0.0277. The molecule has 3 rings (SSSR count). The van der Waals surface area contributed by atoms with Gasteiger partial charge in [0.1, 0.15) is 10.7 Å². The summed E-state index contributed by atoms with van der Waals surface area (Å²) in [4.78, 5) is 15.4. The van der Waals surface area contributed by atoms with Crippen molar-refractivity contribution in [2.45, 2.75) is 13.0 Å². The number of primary amides is 1. The topological polar surface area (TPSA) is 77.2 Å². The molecule has 1 aromatic heterocycles. The molecule has 0 aliphatic carbocycles. The smallest absolute Gasteiger partial charge is 0.268 e. The maximum Gasteiger partial charge on any atom is 0.268 e. The average molecular weight is 303 g/mol. The third-order valence-electron chi connectivity index (χ3n) is 3.54. The highest BCUT2D eigenvalue weighted by molar-refractivity contribution is 7.13. The number of thiazole rings is 1. The van der Waals surface area contributed by atoms with Gasteiger partial charge in [0.25, 0.3) is 5.91 Å². The first-order valence-corrected chi connectivity index (χ1v) is 7.71. The van der Waals surface area contributed by atoms with E-state index in [0.29, 0.717) is 5.69 Å². The first-order valence-electron chi connectivity index (χ1n) is 6.83. The summed E-state index contributed by atoms with van der Waals surface area (Å²) in [6, 6.07) is 6.22. The van der Waals surface area contributed by atoms with Crippen LogP contribution in [0.2, 0.25) is 0 Å². The van der Waals surface area contributed by atoms with Crippen molar-refractivity contribution >= 4 is 17.2 Å². The fourth-order valence-electron chi connectivity index (χ4n) is 2.42. The Labute approximate surface area is 127 Å². The van der Waals surface area contributed by atoms with Crippen molar-refractivity contribution in [3.05, 3.63) is 40.4 Å². The molecule has 0 saturated carbocycles. The molecule has 0 bridgehead atoms. The number of hydrogen-bond acceptors (Lipinski definition) is 5. The number of carbonyl (C=O) groups is 1. The van der Waals surface area contributed by atoms with Gasteiger partial charge in [-0.05, 0) is 18.1 Å². The predicted molar refractivity (Wildman–Crippen MR) is 82.4 cm³/mol. The van der Waals surface area contributed by atoms with Crippen LogP contribution in [0.15, 0.2) is 23.6 Å². The fourth-order valence-corrected chi connectivity index (χ4v) is 3.32. The molecule has 1 atom stereocenters. The van der Waals surface area contributed by atoms with E-state index in [1.165, 1.54) is 11.3 Å². The van der Waals surface area contributed by atoms with Crippen LogP contribution in [0.4, 0.5) is 0 Å². The van der Waals surface area contributed by atoms with Gasteiger partial charge in [0, 0.05) is 24.0 Å². The molecule has 5 nitrogen and oxygen atoms in total. The van der Waals surface area contributed by atoms with Gasteiger partial charge in [-0.2, -0.15) is 0 Å². The van der Waals surface area contributed by atoms with E-state index in [4.69, 9.17) is 10.5 Å². The van der Waals surface area contributed by atoms with E-state index >= 15 is 0 Å². The lowest BCUT2D eigenvalue weighted by Crippen LogP contribution is -2.33. The van der Waals surface area contributed by atoms with Gasteiger partial charge in [-0.15, -0.1) is 11.3 Å². The highest BCUT2D eigenvalue weighted by atomic mass is 32.1. The summed E-state index contributed by atoms with van der Waals surface area (Å²) in [6.07, 6.45) is 0.101. The first kappa shape index (κ1) is 14.2. The van der Waals surface area contributed by atoms with Gasteiger partial charge in [0.15, 0.2) is 0 Å². The maximum absolute atomic E-state index is 11.1. The number of nitrogens with zero attached hydrogens (tertiary/aromatic N) is 1. The van der Waals surface area contributed by atoms with Crippen molar-refractivity contribution in [1.82, 2.24) is 10.3 Å². The van der Waals surface area contributed by atoms with Crippen LogP contribution in [0.1, 0.15) is 27.7 Å². The minimum Gasteiger partial charge on any atom is -0.371 e. The van der Waals surface area contributed by atoms with Crippen molar-refractivity contribution in [1.29, 1.82) is 0 Å². The van der Waals surface area contributed by atoms with Crippen LogP contribution in [-0.4, -0.2) is 30.6 Å². The van der Waals surface area contributed by atoms with E-state index in [-0.39, 0.29) is 6.10 Å². The molecule has 2 heterocycles. The summed E-state index contributed by atoms with van der Waals surface area (Å²) in [5.74, 6) is -0.492. The maximum atomic E-state index is 11.1. The van der Waals surface area contributed by atoms with Gasteiger partial charge < -0.3 is 15.8 Å². The number of aryl methyl sites for hydroxylation is 1. The lowest BCUT2D eigenvalue weighted by atomic mass is 10.0. The summed E-state index contributed by atoms with van der Waals surface area (Å²) in [6.45, 7) is 4.52. The summed E-state index contributed by atoms with van der Waals surface area (Å²) >= 11 is 1.43. The van der Waals surface area contributed by atoms with Crippen LogP contribution in [-0.2, 0) is 4.74 Å². The van der Waals surface area contributed by atoms with Crippen LogP contribution < -0.4 is 11.1 Å². The summed E-state index contributed by atoms with van der Waals surface area (Å²) in [5, 5.41) is 5.84. The summed E-state index contributed by atoms with van der Waals surface area (Å²) in [5.41, 5.74) is 8.87. The number of benzene rings is 1. The van der Waals surface area contributed by atoms with Gasteiger partial charge in [-0.1, -0.05) is 18.2 Å². The molecule has 0 radical (unpaired) electrons. The third kappa shape index (κ3) is 2.97. The van der Waals surface area contributed by atoms with E-state index < -0.39 is 5.91 Å². The number of amides is 1. The van der Waals surface area contributed by atoms with E-state index in [1.807, 2.05) is 13.0 Å². The van der Waals surface area contributed by atoms with Crippen molar-refractivity contribution in [3.63, 3.8) is 0 Å². The highest BCUT2D eigenvalue weighted by Gasteiger charge is 2.17. The first-order chi connectivity index (χ1) is 10.1. The summed E-state index contributed by atoms with van der Waals surface area (Å²) < 4.78 is 5.76. The van der Waals surface area contributed by atoms with Gasteiger partial charge in [0.2, 0.25) is 0 Å². The summed E-state index contributed by atoms with van der Waals surface area (Å²) in [7, 11) is 0. The molecule has 1 aliphatic rings. The zero-order chi connectivity index (χ0) is 14.8. The molecule has 1 amide bonds. The molecule has 1 fully saturated rings. The molecule has 1 saturated heterocycles. The monoisotopic (exact) mass is 303 g/mol. The predicted octanol–water partition coefficient (Wildman–Crippen LogP) is 1.88. The van der Waals surface area contributed by atoms with E-state index in [1.54, 1.807) is 5.38 Å². The Kier molecular flexibility index (Phi) is 4.01. The number of nitrogens with two attached hydrogens (primary N) is 1. The zero-order valence-electron chi connectivity index (χ0n) is 11.8. The van der Waals surface area contributed by atoms with Crippen LogP contribution in [0.3, 0.4) is 0 Å². The Morgan fingerprint density at radius 2 is 2.38 bits per heavy atom. The molecular weight excluding hydrogens is 286 g/mol. The normalized spacial score (nSPS) is 18.6. The molecule has 3 N–H and O–H groups in total. The Hall–Kier alpha value is -1.76. The Balaban J connectivity index is 1.88. The average Bonchev–Trinajstić information content (AvgIpc) is 2.98. The Morgan fingerprint density at radius 3 is 3.00 bits per heavy atom. The molecule has 110 valence electrons. The molecular formula is C15H17N3O2S. The van der Waals surface area contributed by atoms with Crippen molar-refractivity contribution in [3.8, 4) is 10.6 Å². The van der Waals surface area contributed by atoms with Gasteiger partial charge in [-0.25, -0.2) is 4.98 Å². The SMILES string of the molecule is Cc1cc(C2CNCCO2)ccc1-c1nc(C(N)=O)cs1. The molecule has 1 aliphatic heterocycles. The Bertz CT molecular complexity index is 663. The largest absolute Gasteiger partial charge is 0.371 e. The lowest BCUT2D eigenvalue weighted by Gasteiger charge is -2.24. The second kappa shape index (κ2) is 5.93. The quantitative estimate of drug-likeness (QED) is 0.907. The molecule has 0 spiro atoms. The van der Waals surface area contributed by atoms with E-state index in [0.717, 1.165) is 41.4 Å². The number of hydrogen-bond donors (Lipinski definition) is 2. The minimum absolute atomic E-state index is 0.101. The molecule has 21 heavy (non-hydrogen) atoms. The molecule has 6 heteroatoms. The molecule has 1 unspecified atom stereocenters. The van der Waals surface area contributed by atoms with Crippen LogP contribution in [0.5, 0.6) is 0 Å². The zero-order valence-corrected chi connectivity index (χ0v) is 12.6. The van der Waals surface area contributed by atoms with Crippen molar-refractivity contribution < 1.29 is 9.53 Å². The minimum atomic E-state index is -0.492. The second-order valence-electron chi connectivity index (χ2n) is 5.04. The third-order valence-corrected chi connectivity index (χ3v) is 4.41. The fraction of sp³-hybridized carbons (Fsp3) is 0.333. The number of carbonyl (C=O) groups excluding carboxylic acids is 1. The number of aromatic nitrogens is 1. The van der Waals surface area contributed by atoms with Gasteiger partial charge in [-0.3, -0.25) is 4.79 Å². The standard InChI is InChI=1S/C15H17N3O2S/c1-9-6-10(13-7-17-4-5-20-13)2-3-11(9)15-18-12(8-21-15)14(16)19/h2-3,6,8,13,17H,4-5,7H2,1H3,(H2,16,19). The number of rotatable bonds is 3. The number of nitrogens with one attached hydrogen (secondary N) is 1. The van der Waals surface area contributed by atoms with Crippen LogP contribution in [0.25, 0.3) is 10.6 Å². The molecule has 1 aromatic carbocycles. The Morgan fingerprint density at radius 1 is 1.52 bits per heavy atom. The number of ether oxygens (including phenoxy) is 1. The van der Waals surface area contributed by atoms with Gasteiger partial charge in [0.05, 0.1) is 12.7 Å². The highest BCUT2D eigenvalue weighted by Crippen LogP contribution is 2.30.